The first-order valence-electron chi connectivity index (χ1n) is 12.0. The van der Waals surface area contributed by atoms with Gasteiger partial charge in [0.05, 0.1) is 16.9 Å². The van der Waals surface area contributed by atoms with Crippen LogP contribution in [0, 0.1) is 0 Å². The first-order valence-corrected chi connectivity index (χ1v) is 12.8. The van der Waals surface area contributed by atoms with Gasteiger partial charge in [0.25, 0.3) is 0 Å². The van der Waals surface area contributed by atoms with Crippen LogP contribution in [0.3, 0.4) is 0 Å². The molecular weight excluding hydrogens is 432 g/mol. The van der Waals surface area contributed by atoms with Crippen molar-refractivity contribution < 1.29 is 9.84 Å². The molecule has 1 saturated carbocycles. The van der Waals surface area contributed by atoms with Crippen LogP contribution in [-0.4, -0.2) is 56.6 Å². The fraction of sp³-hybridized carbons (Fsp3) is 0.462. The van der Waals surface area contributed by atoms with Gasteiger partial charge in [-0.15, -0.1) is 0 Å². The minimum Gasteiger partial charge on any atom is -0.508 e. The second-order valence-electron chi connectivity index (χ2n) is 9.01. The van der Waals surface area contributed by atoms with Crippen LogP contribution in [0.1, 0.15) is 50.9 Å². The van der Waals surface area contributed by atoms with E-state index < -0.39 is 0 Å². The van der Waals surface area contributed by atoms with Crippen molar-refractivity contribution in [1.82, 2.24) is 19.2 Å². The molecule has 1 aliphatic carbocycles. The lowest BCUT2D eigenvalue weighted by Gasteiger charge is -2.36. The maximum absolute atomic E-state index is 9.49. The summed E-state index contributed by atoms with van der Waals surface area (Å²) in [6.07, 6.45) is 6.28. The molecule has 0 amide bonds. The van der Waals surface area contributed by atoms with Crippen molar-refractivity contribution in [2.75, 3.05) is 26.2 Å². The number of para-hydroxylation sites is 1. The molecule has 2 fully saturated rings. The van der Waals surface area contributed by atoms with Crippen LogP contribution in [-0.2, 0) is 0 Å². The predicted molar refractivity (Wildman–Crippen MR) is 133 cm³/mol. The second-order valence-corrected chi connectivity index (χ2v) is 10.2. The average molecular weight is 465 g/mol. The number of fused-ring (bicyclic) bond motifs is 1. The largest absolute Gasteiger partial charge is 0.508 e. The van der Waals surface area contributed by atoms with E-state index in [-0.39, 0.29) is 12.1 Å². The molecule has 0 spiro atoms. The normalized spacial score (nSPS) is 19.5. The Labute approximate surface area is 200 Å². The highest BCUT2D eigenvalue weighted by molar-refractivity contribution is 7.97. The van der Waals surface area contributed by atoms with Gasteiger partial charge in [-0.2, -0.15) is 4.98 Å². The molecule has 1 N–H and O–H groups in total. The first-order chi connectivity index (χ1) is 16.2. The lowest BCUT2D eigenvalue weighted by molar-refractivity contribution is 0.138. The molecule has 1 atom stereocenters. The Bertz CT molecular complexity index is 1060. The van der Waals surface area contributed by atoms with Gasteiger partial charge in [-0.3, -0.25) is 4.90 Å². The Hall–Kier alpha value is -2.35. The van der Waals surface area contributed by atoms with Crippen LogP contribution in [0.15, 0.2) is 53.4 Å². The van der Waals surface area contributed by atoms with E-state index in [2.05, 4.69) is 28.3 Å². The number of nitrogens with zero attached hydrogens (tertiary/aromatic N) is 4. The summed E-state index contributed by atoms with van der Waals surface area (Å²) >= 11 is 1.75. The van der Waals surface area contributed by atoms with E-state index in [0.29, 0.717) is 5.75 Å². The van der Waals surface area contributed by atoms with Crippen LogP contribution in [0.4, 0.5) is 0 Å². The highest BCUT2D eigenvalue weighted by Crippen LogP contribution is 2.31. The Morgan fingerprint density at radius 3 is 2.42 bits per heavy atom. The lowest BCUT2D eigenvalue weighted by atomic mass is 9.98. The number of hydrogen-bond acceptors (Lipinski definition) is 7. The van der Waals surface area contributed by atoms with Crippen molar-refractivity contribution in [3.63, 3.8) is 0 Å². The zero-order valence-corrected chi connectivity index (χ0v) is 20.0. The summed E-state index contributed by atoms with van der Waals surface area (Å²) in [4.78, 5) is 13.5. The summed E-state index contributed by atoms with van der Waals surface area (Å²) in [5, 5.41) is 10.5. The number of phenolic OH excluding ortho intramolecular Hbond substituents is 1. The molecule has 174 valence electrons. The summed E-state index contributed by atoms with van der Waals surface area (Å²) in [5.74, 6) is 1.90. The number of piperazine rings is 1. The number of rotatable bonds is 6. The highest BCUT2D eigenvalue weighted by Gasteiger charge is 2.26. The van der Waals surface area contributed by atoms with Crippen LogP contribution in [0.25, 0.3) is 10.9 Å². The molecule has 1 aromatic heterocycles. The molecule has 2 aromatic carbocycles. The molecule has 2 aliphatic rings. The number of aromatic nitrogens is 2. The van der Waals surface area contributed by atoms with Gasteiger partial charge in [0, 0.05) is 31.1 Å². The van der Waals surface area contributed by atoms with Gasteiger partial charge in [-0.05, 0) is 81.0 Å². The van der Waals surface area contributed by atoms with Gasteiger partial charge >= 0.3 is 0 Å². The minimum absolute atomic E-state index is 0.129. The number of phenols is 1. The van der Waals surface area contributed by atoms with Gasteiger partial charge in [0.1, 0.15) is 17.7 Å². The summed E-state index contributed by atoms with van der Waals surface area (Å²) in [6, 6.07) is 15.7. The first kappa shape index (κ1) is 22.4. The number of hydrogen-bond donors (Lipinski definition) is 1. The van der Waals surface area contributed by atoms with Crippen molar-refractivity contribution in [1.29, 1.82) is 0 Å². The highest BCUT2D eigenvalue weighted by atomic mass is 32.2. The molecule has 7 heteroatoms. The van der Waals surface area contributed by atoms with E-state index in [0.717, 1.165) is 66.5 Å². The number of ether oxygens (including phenoxy) is 1. The fourth-order valence-corrected chi connectivity index (χ4v) is 5.59. The summed E-state index contributed by atoms with van der Waals surface area (Å²) in [5.41, 5.74) is 0.960. The van der Waals surface area contributed by atoms with Crippen molar-refractivity contribution in [2.45, 2.75) is 56.1 Å². The summed E-state index contributed by atoms with van der Waals surface area (Å²) in [6.45, 7) is 6.06. The van der Waals surface area contributed by atoms with Crippen molar-refractivity contribution in [3.8, 4) is 11.6 Å². The smallest absolute Gasteiger partial charge is 0.225 e. The minimum atomic E-state index is 0.129. The van der Waals surface area contributed by atoms with Gasteiger partial charge < -0.3 is 9.84 Å². The molecule has 3 aromatic rings. The lowest BCUT2D eigenvalue weighted by Crippen LogP contribution is -2.44. The van der Waals surface area contributed by atoms with E-state index in [1.165, 1.54) is 19.3 Å². The molecular formula is C26H32N4O2S. The molecule has 0 bridgehead atoms. The Morgan fingerprint density at radius 1 is 0.939 bits per heavy atom. The second kappa shape index (κ2) is 10.3. The van der Waals surface area contributed by atoms with Crippen LogP contribution < -0.4 is 4.74 Å². The maximum Gasteiger partial charge on any atom is 0.225 e. The quantitative estimate of drug-likeness (QED) is 0.488. The Balaban J connectivity index is 1.28. The topological polar surface area (TPSA) is 61.7 Å². The van der Waals surface area contributed by atoms with E-state index in [4.69, 9.17) is 14.7 Å². The molecule has 1 unspecified atom stereocenters. The summed E-state index contributed by atoms with van der Waals surface area (Å²) < 4.78 is 8.82. The Kier molecular flexibility index (Phi) is 6.99. The third kappa shape index (κ3) is 5.42. The SMILES string of the molecule is CC(c1nc(OC2CCCCC2)c2ccccc2n1)N1CCN(Sc2ccc(O)cc2)CC1. The average Bonchev–Trinajstić information content (AvgIpc) is 2.86. The van der Waals surface area contributed by atoms with Crippen LogP contribution >= 0.6 is 11.9 Å². The molecule has 1 saturated heterocycles. The molecule has 2 heterocycles. The van der Waals surface area contributed by atoms with Crippen LogP contribution in [0.2, 0.25) is 0 Å². The standard InChI is InChI=1S/C26H32N4O2S/c1-19(29-15-17-30(18-16-29)33-22-13-11-20(31)12-14-22)25-27-24-10-6-5-9-23(24)26(28-25)32-21-7-3-2-4-8-21/h5-6,9-14,19,21,31H,2-4,7-8,15-18H2,1H3. The summed E-state index contributed by atoms with van der Waals surface area (Å²) in [7, 11) is 0. The van der Waals surface area contributed by atoms with E-state index >= 15 is 0 Å². The molecule has 1 aliphatic heterocycles. The van der Waals surface area contributed by atoms with E-state index in [1.807, 2.05) is 24.3 Å². The molecule has 33 heavy (non-hydrogen) atoms. The zero-order valence-electron chi connectivity index (χ0n) is 19.2. The van der Waals surface area contributed by atoms with Gasteiger partial charge in [-0.25, -0.2) is 9.29 Å². The van der Waals surface area contributed by atoms with E-state index in [1.54, 1.807) is 24.1 Å². The van der Waals surface area contributed by atoms with Gasteiger partial charge in [0.15, 0.2) is 0 Å². The number of aromatic hydroxyl groups is 1. The van der Waals surface area contributed by atoms with Gasteiger partial charge in [0.2, 0.25) is 5.88 Å². The zero-order chi connectivity index (χ0) is 22.6. The predicted octanol–water partition coefficient (Wildman–Crippen LogP) is 5.43. The monoisotopic (exact) mass is 464 g/mol. The maximum atomic E-state index is 9.49. The molecule has 5 rings (SSSR count). The third-order valence-electron chi connectivity index (χ3n) is 6.68. The van der Waals surface area contributed by atoms with E-state index in [9.17, 15) is 5.11 Å². The molecule has 6 nitrogen and oxygen atoms in total. The van der Waals surface area contributed by atoms with Crippen molar-refractivity contribution in [3.05, 3.63) is 54.4 Å². The Morgan fingerprint density at radius 2 is 1.67 bits per heavy atom. The van der Waals surface area contributed by atoms with Gasteiger partial charge in [-0.1, -0.05) is 18.6 Å². The third-order valence-corrected chi connectivity index (χ3v) is 7.79. The molecule has 0 radical (unpaired) electrons. The van der Waals surface area contributed by atoms with Crippen LogP contribution in [0.5, 0.6) is 11.6 Å². The number of benzene rings is 2. The van der Waals surface area contributed by atoms with Crippen molar-refractivity contribution in [2.24, 2.45) is 0 Å². The van der Waals surface area contributed by atoms with Crippen molar-refractivity contribution >= 4 is 22.9 Å². The fourth-order valence-electron chi connectivity index (χ4n) is 4.68.